The summed E-state index contributed by atoms with van der Waals surface area (Å²) in [5, 5.41) is 0. The van der Waals surface area contributed by atoms with Crippen molar-refractivity contribution < 1.29 is 37.3 Å². The van der Waals surface area contributed by atoms with Crippen LogP contribution in [0.5, 0.6) is 0 Å². The first-order valence-electron chi connectivity index (χ1n) is 22.3. The molecule has 0 aliphatic carbocycles. The summed E-state index contributed by atoms with van der Waals surface area (Å²) in [5.41, 5.74) is 0. The van der Waals surface area contributed by atoms with Crippen LogP contribution in [0, 0.1) is 0 Å². The fourth-order valence-electron chi connectivity index (χ4n) is 6.43. The first-order valence-corrected chi connectivity index (χ1v) is 23.7. The number of rotatable bonds is 42. The molecule has 0 spiro atoms. The van der Waals surface area contributed by atoms with Crippen LogP contribution in [0.3, 0.4) is 0 Å². The van der Waals surface area contributed by atoms with E-state index in [1.54, 1.807) is 0 Å². The molecule has 0 bridgehead atoms. The van der Waals surface area contributed by atoms with Crippen molar-refractivity contribution in [2.45, 2.75) is 219 Å². The van der Waals surface area contributed by atoms with Crippen molar-refractivity contribution in [1.82, 2.24) is 0 Å². The number of quaternary nitrogens is 1. The van der Waals surface area contributed by atoms with Crippen molar-refractivity contribution in [3.05, 3.63) is 0 Å². The third-order valence-electron chi connectivity index (χ3n) is 9.91. The lowest BCUT2D eigenvalue weighted by Crippen LogP contribution is -2.37. The highest BCUT2D eigenvalue weighted by atomic mass is 31.2. The molecular formula is C43H88NO7P. The first-order chi connectivity index (χ1) is 25.1. The molecule has 9 heteroatoms. The second-order valence-electron chi connectivity index (χ2n) is 16.4. The second-order valence-corrected chi connectivity index (χ2v) is 17.8. The molecule has 0 saturated carbocycles. The van der Waals surface area contributed by atoms with Crippen LogP contribution >= 0.6 is 7.82 Å². The predicted molar refractivity (Wildman–Crippen MR) is 218 cm³/mol. The minimum Gasteiger partial charge on any atom is -0.756 e. The van der Waals surface area contributed by atoms with Crippen LogP contribution in [-0.4, -0.2) is 70.7 Å². The van der Waals surface area contributed by atoms with Crippen molar-refractivity contribution in [1.29, 1.82) is 0 Å². The Bertz CT molecular complexity index is 807. The maximum atomic E-state index is 12.7. The van der Waals surface area contributed by atoms with Crippen LogP contribution in [0.15, 0.2) is 0 Å². The summed E-state index contributed by atoms with van der Waals surface area (Å²) < 4.78 is 34.6. The highest BCUT2D eigenvalue weighted by Gasteiger charge is 2.20. The van der Waals surface area contributed by atoms with Crippen molar-refractivity contribution in [2.75, 3.05) is 54.1 Å². The lowest BCUT2D eigenvalue weighted by molar-refractivity contribution is -0.870. The molecule has 312 valence electrons. The van der Waals surface area contributed by atoms with E-state index >= 15 is 0 Å². The molecule has 0 aliphatic rings. The highest BCUT2D eigenvalue weighted by Crippen LogP contribution is 2.38. The number of carbonyl (C=O) groups excluding carboxylic acids is 1. The van der Waals surface area contributed by atoms with Crippen molar-refractivity contribution in [3.63, 3.8) is 0 Å². The van der Waals surface area contributed by atoms with E-state index in [1.807, 2.05) is 21.1 Å². The highest BCUT2D eigenvalue weighted by molar-refractivity contribution is 7.45. The Kier molecular flexibility index (Phi) is 37.1. The number of likely N-dealkylation sites (N-methyl/N-ethyl adjacent to an activating group) is 1. The molecule has 0 heterocycles. The minimum absolute atomic E-state index is 0.0314. The quantitative estimate of drug-likeness (QED) is 0.0264. The smallest absolute Gasteiger partial charge is 0.306 e. The molecule has 52 heavy (non-hydrogen) atoms. The van der Waals surface area contributed by atoms with Crippen LogP contribution in [0.2, 0.25) is 0 Å². The topological polar surface area (TPSA) is 94.1 Å². The predicted octanol–water partition coefficient (Wildman–Crippen LogP) is 12.3. The minimum atomic E-state index is -4.51. The zero-order chi connectivity index (χ0) is 38.4. The Balaban J connectivity index is 4.18. The number of ether oxygens (including phenoxy) is 2. The van der Waals surface area contributed by atoms with E-state index < -0.39 is 13.9 Å². The van der Waals surface area contributed by atoms with Crippen LogP contribution in [0.25, 0.3) is 0 Å². The Hall–Kier alpha value is -0.500. The van der Waals surface area contributed by atoms with E-state index in [2.05, 4.69) is 13.8 Å². The molecule has 0 aromatic rings. The van der Waals surface area contributed by atoms with Crippen molar-refractivity contribution in [3.8, 4) is 0 Å². The zero-order valence-corrected chi connectivity index (χ0v) is 36.2. The van der Waals surface area contributed by atoms with Crippen molar-refractivity contribution in [2.24, 2.45) is 0 Å². The van der Waals surface area contributed by atoms with E-state index in [9.17, 15) is 14.3 Å². The molecule has 0 amide bonds. The van der Waals surface area contributed by atoms with Crippen LogP contribution in [-0.2, 0) is 27.9 Å². The number of carbonyl (C=O) groups is 1. The number of unbranched alkanes of at least 4 members (excludes halogenated alkanes) is 28. The summed E-state index contributed by atoms with van der Waals surface area (Å²) in [6.07, 6.45) is 38.2. The maximum Gasteiger partial charge on any atom is 0.306 e. The molecule has 0 radical (unpaired) electrons. The summed E-state index contributed by atoms with van der Waals surface area (Å²) in [6.45, 7) is 5.47. The van der Waals surface area contributed by atoms with Gasteiger partial charge in [0.15, 0.2) is 0 Å². The van der Waals surface area contributed by atoms with Gasteiger partial charge in [-0.05, 0) is 12.8 Å². The number of nitrogens with zero attached hydrogens (tertiary/aromatic N) is 1. The SMILES string of the molecule is CCCCCCCCCCCCCCCCCCC(=O)OC(COCCCCCCCCCCCCCCCC)COP(=O)([O-])OCC[N+](C)(C)C. The Labute approximate surface area is 323 Å². The fourth-order valence-corrected chi connectivity index (χ4v) is 7.16. The van der Waals surface area contributed by atoms with Gasteiger partial charge in [0.1, 0.15) is 19.3 Å². The third-order valence-corrected chi connectivity index (χ3v) is 10.9. The number of phosphoric acid groups is 1. The van der Waals surface area contributed by atoms with E-state index in [-0.39, 0.29) is 25.8 Å². The lowest BCUT2D eigenvalue weighted by Gasteiger charge is -2.28. The molecule has 0 fully saturated rings. The van der Waals surface area contributed by atoms with Gasteiger partial charge in [0.2, 0.25) is 0 Å². The van der Waals surface area contributed by atoms with Crippen LogP contribution < -0.4 is 4.89 Å². The van der Waals surface area contributed by atoms with Crippen molar-refractivity contribution >= 4 is 13.8 Å². The zero-order valence-electron chi connectivity index (χ0n) is 35.3. The van der Waals surface area contributed by atoms with Gasteiger partial charge in [-0.15, -0.1) is 0 Å². The van der Waals surface area contributed by atoms with Gasteiger partial charge >= 0.3 is 5.97 Å². The normalized spacial score (nSPS) is 13.7. The third kappa shape index (κ3) is 40.7. The molecule has 0 saturated heterocycles. The van der Waals surface area contributed by atoms with Gasteiger partial charge in [0.05, 0.1) is 34.4 Å². The largest absolute Gasteiger partial charge is 0.756 e. The number of hydrogen-bond donors (Lipinski definition) is 0. The summed E-state index contributed by atoms with van der Waals surface area (Å²) in [7, 11) is 1.37. The molecule has 2 atom stereocenters. The van der Waals surface area contributed by atoms with Gasteiger partial charge in [-0.1, -0.05) is 194 Å². The van der Waals surface area contributed by atoms with E-state index in [4.69, 9.17) is 18.5 Å². The summed E-state index contributed by atoms with van der Waals surface area (Å²) >= 11 is 0. The van der Waals surface area contributed by atoms with Gasteiger partial charge in [0, 0.05) is 13.0 Å². The Morgan fingerprint density at radius 3 is 1.27 bits per heavy atom. The average molecular weight is 762 g/mol. The molecule has 0 aromatic heterocycles. The molecule has 8 nitrogen and oxygen atoms in total. The summed E-state index contributed by atoms with van der Waals surface area (Å²) in [6, 6.07) is 0. The van der Waals surface area contributed by atoms with E-state index in [0.717, 1.165) is 32.1 Å². The van der Waals surface area contributed by atoms with E-state index in [1.165, 1.54) is 161 Å². The lowest BCUT2D eigenvalue weighted by atomic mass is 10.0. The number of hydrogen-bond acceptors (Lipinski definition) is 7. The summed E-state index contributed by atoms with van der Waals surface area (Å²) in [4.78, 5) is 25.0. The standard InChI is InChI=1S/C43H88NO7P/c1-6-8-10-12-14-16-18-20-22-23-24-26-28-30-32-34-36-43(45)51-42(41-50-52(46,47)49-39-37-44(3,4)5)40-48-38-35-33-31-29-27-25-21-19-17-15-13-11-9-7-2/h42H,6-41H2,1-5H3. The average Bonchev–Trinajstić information content (AvgIpc) is 3.09. The van der Waals surface area contributed by atoms with Crippen LogP contribution in [0.4, 0.5) is 0 Å². The van der Waals surface area contributed by atoms with Gasteiger partial charge in [-0.2, -0.15) is 0 Å². The first kappa shape index (κ1) is 51.5. The van der Waals surface area contributed by atoms with Crippen LogP contribution in [0.1, 0.15) is 213 Å². The molecular weight excluding hydrogens is 673 g/mol. The summed E-state index contributed by atoms with van der Waals surface area (Å²) in [5.74, 6) is -0.328. The molecule has 0 rings (SSSR count). The fraction of sp³-hybridized carbons (Fsp3) is 0.977. The maximum absolute atomic E-state index is 12.7. The van der Waals surface area contributed by atoms with Gasteiger partial charge in [0.25, 0.3) is 7.82 Å². The molecule has 0 aliphatic heterocycles. The Morgan fingerprint density at radius 1 is 0.519 bits per heavy atom. The van der Waals surface area contributed by atoms with Gasteiger partial charge in [-0.3, -0.25) is 9.36 Å². The molecule has 0 aromatic carbocycles. The molecule has 0 N–H and O–H groups in total. The second kappa shape index (κ2) is 37.4. The molecule has 2 unspecified atom stereocenters. The number of esters is 1. The van der Waals surface area contributed by atoms with Gasteiger partial charge < -0.3 is 27.9 Å². The Morgan fingerprint density at radius 2 is 0.885 bits per heavy atom. The monoisotopic (exact) mass is 762 g/mol. The van der Waals surface area contributed by atoms with Gasteiger partial charge in [-0.25, -0.2) is 0 Å². The van der Waals surface area contributed by atoms with E-state index in [0.29, 0.717) is 24.1 Å². The number of phosphoric ester groups is 1.